The van der Waals surface area contributed by atoms with E-state index in [2.05, 4.69) is 47.1 Å². The summed E-state index contributed by atoms with van der Waals surface area (Å²) in [7, 11) is 0. The molecule has 0 radical (unpaired) electrons. The van der Waals surface area contributed by atoms with Crippen molar-refractivity contribution in [1.82, 2.24) is 14.8 Å². The number of piperidine rings is 1. The predicted octanol–water partition coefficient (Wildman–Crippen LogP) is 6.91. The van der Waals surface area contributed by atoms with Crippen molar-refractivity contribution >= 4 is 44.3 Å². The van der Waals surface area contributed by atoms with Crippen LogP contribution in [0.4, 0.5) is 4.79 Å². The highest BCUT2D eigenvalue weighted by molar-refractivity contribution is 7.22. The van der Waals surface area contributed by atoms with Gasteiger partial charge in [-0.1, -0.05) is 18.2 Å². The second-order valence-corrected chi connectivity index (χ2v) is 14.0. The number of rotatable bonds is 7. The fourth-order valence-electron chi connectivity index (χ4n) is 6.21. The van der Waals surface area contributed by atoms with Crippen LogP contribution in [-0.2, 0) is 17.7 Å². The zero-order valence-electron chi connectivity index (χ0n) is 25.0. The van der Waals surface area contributed by atoms with E-state index in [0.29, 0.717) is 25.1 Å². The third-order valence-electron chi connectivity index (χ3n) is 8.34. The summed E-state index contributed by atoms with van der Waals surface area (Å²) in [5, 5.41) is 15.2. The number of carbonyl (C=O) groups is 2. The third kappa shape index (κ3) is 5.92. The minimum Gasteiger partial charge on any atom is -0.444 e. The van der Waals surface area contributed by atoms with Gasteiger partial charge in [-0.25, -0.2) is 4.79 Å². The number of carbonyl (C=O) groups excluding carboxylic acids is 2. The molecule has 6 rings (SSSR count). The number of para-hydroxylation sites is 1. The summed E-state index contributed by atoms with van der Waals surface area (Å²) in [6.07, 6.45) is 3.78. The van der Waals surface area contributed by atoms with Crippen LogP contribution in [0.3, 0.4) is 0 Å². The van der Waals surface area contributed by atoms with E-state index in [4.69, 9.17) is 4.74 Å². The minimum absolute atomic E-state index is 0.0157. The standard InChI is InChI=1S/C34H41N3O4S/c1-21-30-24(13-15-38)16-25(32(39)36-14-7-9-26(20-36)41-33(40)35-34(2,3)4)18-29(30)42-31(21)28-17-23-8-5-6-10-27(23)37(28)19-22-11-12-22/h5-6,8,10,16-18,22,26,38H,7,9,11-15,19-20H2,1-4H3,(H,35,40)/t26-/m1/s1. The van der Waals surface area contributed by atoms with E-state index in [0.717, 1.165) is 41.0 Å². The molecule has 2 N–H and O–H groups in total. The molecule has 2 aromatic heterocycles. The molecule has 0 unspecified atom stereocenters. The fourth-order valence-corrected chi connectivity index (χ4v) is 7.53. The lowest BCUT2D eigenvalue weighted by molar-refractivity contribution is 0.0323. The summed E-state index contributed by atoms with van der Waals surface area (Å²) in [6, 6.07) is 14.9. The van der Waals surface area contributed by atoms with Gasteiger partial charge in [-0.05, 0) is 106 Å². The highest BCUT2D eigenvalue weighted by Crippen LogP contribution is 2.44. The number of ether oxygens (including phenoxy) is 1. The quantitative estimate of drug-likeness (QED) is 0.246. The van der Waals surface area contributed by atoms with Gasteiger partial charge >= 0.3 is 6.09 Å². The van der Waals surface area contributed by atoms with Gasteiger partial charge in [0.2, 0.25) is 0 Å². The molecule has 7 nitrogen and oxygen atoms in total. The number of likely N-dealkylation sites (tertiary alicyclic amines) is 1. The van der Waals surface area contributed by atoms with Crippen molar-refractivity contribution in [1.29, 1.82) is 0 Å². The predicted molar refractivity (Wildman–Crippen MR) is 169 cm³/mol. The highest BCUT2D eigenvalue weighted by Gasteiger charge is 2.30. The van der Waals surface area contributed by atoms with Crippen LogP contribution in [0.2, 0.25) is 0 Å². The lowest BCUT2D eigenvalue weighted by atomic mass is 9.98. The van der Waals surface area contributed by atoms with Crippen molar-refractivity contribution in [2.45, 2.75) is 78.0 Å². The largest absolute Gasteiger partial charge is 0.444 e. The molecule has 2 fully saturated rings. The van der Waals surface area contributed by atoms with E-state index in [1.165, 1.54) is 39.9 Å². The Morgan fingerprint density at radius 2 is 1.90 bits per heavy atom. The van der Waals surface area contributed by atoms with Gasteiger partial charge in [0.05, 0.1) is 17.1 Å². The number of benzene rings is 2. The SMILES string of the molecule is Cc1c(-c2cc3ccccc3n2CC2CC2)sc2cc(C(=O)N3CCC[C@@H](OC(=O)NC(C)(C)C)C3)cc(CCO)c12. The maximum Gasteiger partial charge on any atom is 0.407 e. The van der Waals surface area contributed by atoms with Gasteiger partial charge in [0.15, 0.2) is 0 Å². The third-order valence-corrected chi connectivity index (χ3v) is 9.60. The second-order valence-electron chi connectivity index (χ2n) is 13.0. The van der Waals surface area contributed by atoms with Gasteiger partial charge in [-0.3, -0.25) is 4.79 Å². The first-order valence-corrected chi connectivity index (χ1v) is 16.0. The number of hydrogen-bond acceptors (Lipinski definition) is 5. The van der Waals surface area contributed by atoms with Crippen molar-refractivity contribution < 1.29 is 19.4 Å². The zero-order valence-corrected chi connectivity index (χ0v) is 25.9. The lowest BCUT2D eigenvalue weighted by Crippen LogP contribution is -2.47. The van der Waals surface area contributed by atoms with E-state index in [1.54, 1.807) is 16.2 Å². The number of aliphatic hydroxyl groups excluding tert-OH is 1. The molecular formula is C34H41N3O4S. The van der Waals surface area contributed by atoms with Gasteiger partial charge in [0.25, 0.3) is 5.91 Å². The monoisotopic (exact) mass is 587 g/mol. The molecule has 2 amide bonds. The van der Waals surface area contributed by atoms with E-state index < -0.39 is 6.09 Å². The summed E-state index contributed by atoms with van der Waals surface area (Å²) in [4.78, 5) is 29.2. The maximum absolute atomic E-state index is 13.8. The molecule has 3 heterocycles. The summed E-state index contributed by atoms with van der Waals surface area (Å²) < 4.78 is 9.22. The lowest BCUT2D eigenvalue weighted by Gasteiger charge is -2.33. The second kappa shape index (κ2) is 11.4. The average molecular weight is 588 g/mol. The normalized spacial score (nSPS) is 17.6. The van der Waals surface area contributed by atoms with E-state index in [-0.39, 0.29) is 24.2 Å². The summed E-state index contributed by atoms with van der Waals surface area (Å²) in [5.74, 6) is 0.677. The number of hydrogen-bond donors (Lipinski definition) is 2. The Balaban J connectivity index is 1.33. The number of alkyl carbamates (subject to hydrolysis) is 1. The Bertz CT molecular complexity index is 1640. The Hall–Kier alpha value is -3.36. The minimum atomic E-state index is -0.450. The van der Waals surface area contributed by atoms with Gasteiger partial charge in [-0.15, -0.1) is 11.3 Å². The molecule has 1 aliphatic heterocycles. The number of amides is 2. The molecule has 1 saturated carbocycles. The molecule has 8 heteroatoms. The van der Waals surface area contributed by atoms with Crippen molar-refractivity contribution in [3.8, 4) is 10.6 Å². The first kappa shape index (κ1) is 28.7. The first-order chi connectivity index (χ1) is 20.1. The molecule has 2 aromatic carbocycles. The Labute approximate surface area is 251 Å². The van der Waals surface area contributed by atoms with Crippen LogP contribution in [0.25, 0.3) is 31.6 Å². The van der Waals surface area contributed by atoms with Crippen LogP contribution in [0.15, 0.2) is 42.5 Å². The summed E-state index contributed by atoms with van der Waals surface area (Å²) >= 11 is 1.74. The molecule has 1 aliphatic carbocycles. The van der Waals surface area contributed by atoms with Crippen LogP contribution in [0, 0.1) is 12.8 Å². The number of aliphatic hydroxyl groups is 1. The number of aromatic nitrogens is 1. The molecular weight excluding hydrogens is 546 g/mol. The highest BCUT2D eigenvalue weighted by atomic mass is 32.1. The van der Waals surface area contributed by atoms with Crippen molar-refractivity contribution in [3.05, 3.63) is 59.2 Å². The Morgan fingerprint density at radius 3 is 2.64 bits per heavy atom. The number of aryl methyl sites for hydroxylation is 1. The van der Waals surface area contributed by atoms with Crippen LogP contribution in [0.5, 0.6) is 0 Å². The van der Waals surface area contributed by atoms with E-state index in [9.17, 15) is 14.7 Å². The van der Waals surface area contributed by atoms with Gasteiger partial charge in [0.1, 0.15) is 6.10 Å². The number of fused-ring (bicyclic) bond motifs is 2. The van der Waals surface area contributed by atoms with Crippen LogP contribution >= 0.6 is 11.3 Å². The van der Waals surface area contributed by atoms with Crippen LogP contribution < -0.4 is 5.32 Å². The molecule has 1 saturated heterocycles. The molecule has 42 heavy (non-hydrogen) atoms. The first-order valence-electron chi connectivity index (χ1n) is 15.1. The maximum atomic E-state index is 13.8. The average Bonchev–Trinajstić information content (AvgIpc) is 3.60. The molecule has 1 atom stereocenters. The number of thiophene rings is 1. The smallest absolute Gasteiger partial charge is 0.407 e. The molecule has 0 bridgehead atoms. The fraction of sp³-hybridized carbons (Fsp3) is 0.471. The van der Waals surface area contributed by atoms with Crippen molar-refractivity contribution in [3.63, 3.8) is 0 Å². The van der Waals surface area contributed by atoms with Crippen molar-refractivity contribution in [2.75, 3.05) is 19.7 Å². The topological polar surface area (TPSA) is 83.8 Å². The zero-order chi connectivity index (χ0) is 29.6. The number of nitrogens with one attached hydrogen (secondary N) is 1. The molecule has 4 aromatic rings. The van der Waals surface area contributed by atoms with Gasteiger partial charge < -0.3 is 24.6 Å². The van der Waals surface area contributed by atoms with E-state index in [1.807, 2.05) is 32.9 Å². The van der Waals surface area contributed by atoms with Gasteiger partial charge in [-0.2, -0.15) is 0 Å². The van der Waals surface area contributed by atoms with Crippen molar-refractivity contribution in [2.24, 2.45) is 5.92 Å². The molecule has 0 spiro atoms. The molecule has 222 valence electrons. The van der Waals surface area contributed by atoms with Gasteiger partial charge in [0, 0.05) is 46.4 Å². The van der Waals surface area contributed by atoms with E-state index >= 15 is 0 Å². The molecule has 2 aliphatic rings. The van der Waals surface area contributed by atoms with Crippen LogP contribution in [0.1, 0.15) is 67.9 Å². The Morgan fingerprint density at radius 1 is 1.12 bits per heavy atom. The summed E-state index contributed by atoms with van der Waals surface area (Å²) in [5.41, 5.74) is 4.93. The van der Waals surface area contributed by atoms with Crippen LogP contribution in [-0.4, -0.2) is 57.9 Å². The summed E-state index contributed by atoms with van der Waals surface area (Å²) in [6.45, 7) is 9.95. The Kier molecular flexibility index (Phi) is 7.79. The number of nitrogens with zero attached hydrogens (tertiary/aromatic N) is 2.